The monoisotopic (exact) mass is 186 g/mol. The fraction of sp³-hybridized carbons (Fsp3) is 0. The van der Waals surface area contributed by atoms with Crippen molar-refractivity contribution in [2.24, 2.45) is 0 Å². The summed E-state index contributed by atoms with van der Waals surface area (Å²) < 4.78 is 0. The second-order valence-electron chi connectivity index (χ2n) is 2.52. The van der Waals surface area contributed by atoms with Crippen LogP contribution in [-0.4, -0.2) is 4.98 Å². The number of hydrogen-bond acceptors (Lipinski definition) is 2. The highest BCUT2D eigenvalue weighted by atomic mass is 32.2. The molecule has 1 aromatic heterocycles. The molecule has 0 bridgehead atoms. The van der Waals surface area contributed by atoms with Crippen molar-refractivity contribution in [1.29, 1.82) is 0 Å². The van der Waals surface area contributed by atoms with Crippen molar-refractivity contribution in [3.05, 3.63) is 54.9 Å². The summed E-state index contributed by atoms with van der Waals surface area (Å²) in [5.41, 5.74) is 0. The van der Waals surface area contributed by atoms with Gasteiger partial charge in [-0.3, -0.25) is 4.98 Å². The van der Waals surface area contributed by atoms with E-state index in [-0.39, 0.29) is 0 Å². The zero-order chi connectivity index (χ0) is 8.93. The van der Waals surface area contributed by atoms with Crippen LogP contribution >= 0.6 is 11.8 Å². The summed E-state index contributed by atoms with van der Waals surface area (Å²) in [5.74, 6) is 0. The smallest absolute Gasteiger partial charge is 0.0279 e. The molecule has 2 aromatic rings. The van der Waals surface area contributed by atoms with Gasteiger partial charge in [0.25, 0.3) is 0 Å². The van der Waals surface area contributed by atoms with Gasteiger partial charge < -0.3 is 0 Å². The van der Waals surface area contributed by atoms with E-state index in [1.807, 2.05) is 36.4 Å². The SMILES string of the molecule is [c]1ccc(Sc2ccncc2)cc1. The summed E-state index contributed by atoms with van der Waals surface area (Å²) in [4.78, 5) is 6.40. The number of aromatic nitrogens is 1. The molecule has 0 saturated carbocycles. The number of rotatable bonds is 2. The van der Waals surface area contributed by atoms with E-state index in [1.165, 1.54) is 9.79 Å². The molecule has 2 rings (SSSR count). The Bertz CT molecular complexity index is 321. The third kappa shape index (κ3) is 2.33. The highest BCUT2D eigenvalue weighted by Crippen LogP contribution is 2.25. The van der Waals surface area contributed by atoms with Gasteiger partial charge in [0.1, 0.15) is 0 Å². The molecule has 1 radical (unpaired) electrons. The van der Waals surface area contributed by atoms with Gasteiger partial charge in [0, 0.05) is 22.2 Å². The molecule has 1 heterocycles. The second-order valence-corrected chi connectivity index (χ2v) is 3.67. The van der Waals surface area contributed by atoms with Crippen LogP contribution in [0.25, 0.3) is 0 Å². The van der Waals surface area contributed by atoms with Gasteiger partial charge in [0.05, 0.1) is 0 Å². The van der Waals surface area contributed by atoms with Gasteiger partial charge in [-0.2, -0.15) is 0 Å². The van der Waals surface area contributed by atoms with Crippen molar-refractivity contribution in [2.45, 2.75) is 9.79 Å². The first-order chi connectivity index (χ1) is 6.45. The molecule has 2 heteroatoms. The largest absolute Gasteiger partial charge is 0.265 e. The van der Waals surface area contributed by atoms with E-state index in [2.05, 4.69) is 11.1 Å². The predicted molar refractivity (Wildman–Crippen MR) is 53.6 cm³/mol. The van der Waals surface area contributed by atoms with Crippen molar-refractivity contribution in [3.8, 4) is 0 Å². The lowest BCUT2D eigenvalue weighted by Crippen LogP contribution is -1.73. The van der Waals surface area contributed by atoms with Crippen LogP contribution in [0, 0.1) is 6.07 Å². The maximum Gasteiger partial charge on any atom is 0.0279 e. The molecule has 0 aliphatic heterocycles. The van der Waals surface area contributed by atoms with Crippen molar-refractivity contribution in [2.75, 3.05) is 0 Å². The molecule has 63 valence electrons. The first-order valence-corrected chi connectivity index (χ1v) is 4.81. The molecule has 0 amide bonds. The van der Waals surface area contributed by atoms with E-state index in [9.17, 15) is 0 Å². The van der Waals surface area contributed by atoms with Crippen molar-refractivity contribution < 1.29 is 0 Å². The van der Waals surface area contributed by atoms with Gasteiger partial charge in [0.2, 0.25) is 0 Å². The molecule has 1 nitrogen and oxygen atoms in total. The molecular formula is C11H8NS. The zero-order valence-corrected chi connectivity index (χ0v) is 7.79. The number of benzene rings is 1. The molecule has 0 atom stereocenters. The Morgan fingerprint density at radius 3 is 2.23 bits per heavy atom. The van der Waals surface area contributed by atoms with Gasteiger partial charge >= 0.3 is 0 Å². The fourth-order valence-electron chi connectivity index (χ4n) is 0.982. The van der Waals surface area contributed by atoms with Gasteiger partial charge in [-0.1, -0.05) is 23.9 Å². The quantitative estimate of drug-likeness (QED) is 0.715. The highest BCUT2D eigenvalue weighted by Gasteiger charge is 1.93. The van der Waals surface area contributed by atoms with E-state index in [4.69, 9.17) is 0 Å². The summed E-state index contributed by atoms with van der Waals surface area (Å²) >= 11 is 1.73. The van der Waals surface area contributed by atoms with Crippen LogP contribution in [0.2, 0.25) is 0 Å². The van der Waals surface area contributed by atoms with Crippen LogP contribution in [0.4, 0.5) is 0 Å². The Labute approximate surface area is 81.8 Å². The first kappa shape index (κ1) is 8.32. The maximum atomic E-state index is 3.97. The summed E-state index contributed by atoms with van der Waals surface area (Å²) in [6.45, 7) is 0. The molecular weight excluding hydrogens is 178 g/mol. The van der Waals surface area contributed by atoms with Crippen molar-refractivity contribution in [3.63, 3.8) is 0 Å². The lowest BCUT2D eigenvalue weighted by atomic mass is 10.4. The van der Waals surface area contributed by atoms with Crippen molar-refractivity contribution in [1.82, 2.24) is 4.98 Å². The standard InChI is InChI=1S/C11H8NS/c1-2-4-10(5-3-1)13-11-6-8-12-9-7-11/h2-9H. The second kappa shape index (κ2) is 4.10. The normalized spacial score (nSPS) is 9.85. The van der Waals surface area contributed by atoms with Crippen LogP contribution in [0.15, 0.2) is 58.6 Å². The van der Waals surface area contributed by atoms with E-state index in [0.717, 1.165) is 0 Å². The average Bonchev–Trinajstić information content (AvgIpc) is 2.21. The summed E-state index contributed by atoms with van der Waals surface area (Å²) in [7, 11) is 0. The topological polar surface area (TPSA) is 12.9 Å². The lowest BCUT2D eigenvalue weighted by Gasteiger charge is -1.98. The molecule has 0 unspecified atom stereocenters. The van der Waals surface area contributed by atoms with Gasteiger partial charge in [-0.05, 0) is 30.3 Å². The summed E-state index contributed by atoms with van der Waals surface area (Å²) in [6, 6.07) is 14.9. The minimum Gasteiger partial charge on any atom is -0.265 e. The van der Waals surface area contributed by atoms with Crippen molar-refractivity contribution >= 4 is 11.8 Å². The minimum absolute atomic E-state index is 1.21. The number of nitrogens with zero attached hydrogens (tertiary/aromatic N) is 1. The third-order valence-corrected chi connectivity index (χ3v) is 2.59. The fourth-order valence-corrected chi connectivity index (χ4v) is 1.78. The summed E-state index contributed by atoms with van der Waals surface area (Å²) in [5, 5.41) is 0. The highest BCUT2D eigenvalue weighted by molar-refractivity contribution is 7.99. The molecule has 0 saturated heterocycles. The van der Waals surface area contributed by atoms with Crippen LogP contribution in [0.3, 0.4) is 0 Å². The third-order valence-electron chi connectivity index (χ3n) is 1.57. The Kier molecular flexibility index (Phi) is 2.62. The van der Waals surface area contributed by atoms with E-state index in [0.29, 0.717) is 0 Å². The minimum atomic E-state index is 1.21. The molecule has 0 fully saturated rings. The predicted octanol–water partition coefficient (Wildman–Crippen LogP) is 3.03. The lowest BCUT2D eigenvalue weighted by molar-refractivity contribution is 1.26. The van der Waals surface area contributed by atoms with Crippen LogP contribution in [0.5, 0.6) is 0 Å². The Balaban J connectivity index is 2.16. The number of pyridine rings is 1. The Hall–Kier alpha value is -1.28. The van der Waals surface area contributed by atoms with Crippen LogP contribution in [0.1, 0.15) is 0 Å². The first-order valence-electron chi connectivity index (χ1n) is 3.99. The maximum absolute atomic E-state index is 3.97. The Morgan fingerprint density at radius 1 is 0.923 bits per heavy atom. The molecule has 0 N–H and O–H groups in total. The molecule has 1 aromatic carbocycles. The molecule has 0 spiro atoms. The molecule has 13 heavy (non-hydrogen) atoms. The molecule has 0 aliphatic rings. The van der Waals surface area contributed by atoms with Gasteiger partial charge in [0.15, 0.2) is 0 Å². The van der Waals surface area contributed by atoms with Crippen LogP contribution in [-0.2, 0) is 0 Å². The van der Waals surface area contributed by atoms with Gasteiger partial charge in [-0.25, -0.2) is 0 Å². The zero-order valence-electron chi connectivity index (χ0n) is 6.97. The van der Waals surface area contributed by atoms with E-state index < -0.39 is 0 Å². The average molecular weight is 186 g/mol. The molecule has 0 aliphatic carbocycles. The van der Waals surface area contributed by atoms with E-state index in [1.54, 1.807) is 24.2 Å². The summed E-state index contributed by atoms with van der Waals surface area (Å²) in [6.07, 6.45) is 3.61. The van der Waals surface area contributed by atoms with Gasteiger partial charge in [-0.15, -0.1) is 0 Å². The Morgan fingerprint density at radius 2 is 1.54 bits per heavy atom. The van der Waals surface area contributed by atoms with E-state index >= 15 is 0 Å². The number of hydrogen-bond donors (Lipinski definition) is 0. The van der Waals surface area contributed by atoms with Crippen LogP contribution < -0.4 is 0 Å².